The molecule has 0 fully saturated rings. The van der Waals surface area contributed by atoms with Crippen LogP contribution < -0.4 is 0 Å². The van der Waals surface area contributed by atoms with E-state index in [-0.39, 0.29) is 5.75 Å². The van der Waals surface area contributed by atoms with E-state index in [1.165, 1.54) is 0 Å². The molecular weight excluding hydrogens is 252 g/mol. The minimum atomic E-state index is -0.868. The number of hydrogen-bond donors (Lipinski definition) is 1. The van der Waals surface area contributed by atoms with Crippen LogP contribution in [0.3, 0.4) is 0 Å². The van der Waals surface area contributed by atoms with E-state index in [0.29, 0.717) is 11.7 Å². The molecule has 2 heterocycles. The third-order valence-corrected chi connectivity index (χ3v) is 3.36. The Morgan fingerprint density at radius 1 is 1.56 bits per heavy atom. The van der Waals surface area contributed by atoms with Gasteiger partial charge in [-0.05, 0) is 24.1 Å². The van der Waals surface area contributed by atoms with Gasteiger partial charge in [-0.3, -0.25) is 9.78 Å². The van der Waals surface area contributed by atoms with Gasteiger partial charge in [0, 0.05) is 12.4 Å². The molecule has 2 aromatic heterocycles. The number of aryl methyl sites for hydroxylation is 1. The zero-order valence-electron chi connectivity index (χ0n) is 9.78. The predicted molar refractivity (Wildman–Crippen MR) is 66.5 cm³/mol. The Morgan fingerprint density at radius 3 is 3.11 bits per heavy atom. The summed E-state index contributed by atoms with van der Waals surface area (Å²) in [4.78, 5) is 14.6. The molecule has 0 amide bonds. The van der Waals surface area contributed by atoms with Gasteiger partial charge in [0.05, 0.1) is 12.3 Å². The fourth-order valence-electron chi connectivity index (χ4n) is 1.44. The second-order valence-electron chi connectivity index (χ2n) is 3.73. The molecule has 0 spiro atoms. The fourth-order valence-corrected chi connectivity index (χ4v) is 2.07. The van der Waals surface area contributed by atoms with Gasteiger partial charge in [0.25, 0.3) is 0 Å². The van der Waals surface area contributed by atoms with E-state index < -0.39 is 5.97 Å². The Kier molecular flexibility index (Phi) is 3.93. The molecule has 0 bridgehead atoms. The molecule has 0 unspecified atom stereocenters. The molecule has 0 radical (unpaired) electrons. The first-order valence-electron chi connectivity index (χ1n) is 5.28. The van der Waals surface area contributed by atoms with Gasteiger partial charge >= 0.3 is 5.97 Å². The number of aromatic nitrogens is 4. The first-order valence-corrected chi connectivity index (χ1v) is 6.27. The highest BCUT2D eigenvalue weighted by Gasteiger charge is 2.09. The van der Waals surface area contributed by atoms with Gasteiger partial charge in [-0.2, -0.15) is 0 Å². The van der Waals surface area contributed by atoms with Crippen molar-refractivity contribution < 1.29 is 9.90 Å². The maximum Gasteiger partial charge on any atom is 0.313 e. The lowest BCUT2D eigenvalue weighted by atomic mass is 10.2. The SMILES string of the molecule is Cc1ccncc1Cn1cnnc1SCC(=O)O. The zero-order chi connectivity index (χ0) is 13.0. The number of carbonyl (C=O) groups is 1. The lowest BCUT2D eigenvalue weighted by Gasteiger charge is -2.07. The van der Waals surface area contributed by atoms with Crippen molar-refractivity contribution >= 4 is 17.7 Å². The van der Waals surface area contributed by atoms with Crippen molar-refractivity contribution in [2.24, 2.45) is 0 Å². The molecule has 0 aliphatic carbocycles. The largest absolute Gasteiger partial charge is 0.481 e. The van der Waals surface area contributed by atoms with Gasteiger partial charge in [-0.15, -0.1) is 10.2 Å². The minimum absolute atomic E-state index is 0.0231. The third kappa shape index (κ3) is 3.07. The summed E-state index contributed by atoms with van der Waals surface area (Å²) in [7, 11) is 0. The number of carboxylic acids is 1. The maximum atomic E-state index is 10.5. The molecule has 0 aliphatic rings. The minimum Gasteiger partial charge on any atom is -0.481 e. The van der Waals surface area contributed by atoms with Crippen LogP contribution >= 0.6 is 11.8 Å². The highest BCUT2D eigenvalue weighted by molar-refractivity contribution is 7.99. The average molecular weight is 264 g/mol. The van der Waals surface area contributed by atoms with Crippen LogP contribution in [-0.2, 0) is 11.3 Å². The molecule has 0 saturated heterocycles. The van der Waals surface area contributed by atoms with Gasteiger partial charge in [0.15, 0.2) is 5.16 Å². The first kappa shape index (κ1) is 12.6. The van der Waals surface area contributed by atoms with Crippen LogP contribution in [0.4, 0.5) is 0 Å². The van der Waals surface area contributed by atoms with Crippen LogP contribution in [0.2, 0.25) is 0 Å². The normalized spacial score (nSPS) is 10.5. The van der Waals surface area contributed by atoms with Crippen LogP contribution in [0.1, 0.15) is 11.1 Å². The summed E-state index contributed by atoms with van der Waals surface area (Å²) in [6.45, 7) is 2.60. The molecule has 2 rings (SSSR count). The van der Waals surface area contributed by atoms with E-state index >= 15 is 0 Å². The second-order valence-corrected chi connectivity index (χ2v) is 4.67. The van der Waals surface area contributed by atoms with E-state index in [2.05, 4.69) is 15.2 Å². The second kappa shape index (κ2) is 5.63. The van der Waals surface area contributed by atoms with E-state index in [9.17, 15) is 4.79 Å². The molecular formula is C11H12N4O2S. The molecule has 18 heavy (non-hydrogen) atoms. The maximum absolute atomic E-state index is 10.5. The fraction of sp³-hybridized carbons (Fsp3) is 0.273. The summed E-state index contributed by atoms with van der Waals surface area (Å²) in [6, 6.07) is 1.93. The van der Waals surface area contributed by atoms with Gasteiger partial charge < -0.3 is 9.67 Å². The van der Waals surface area contributed by atoms with Crippen molar-refractivity contribution in [3.8, 4) is 0 Å². The third-order valence-electron chi connectivity index (χ3n) is 2.39. The summed E-state index contributed by atoms with van der Waals surface area (Å²) in [5.74, 6) is -0.892. The lowest BCUT2D eigenvalue weighted by Crippen LogP contribution is -2.05. The van der Waals surface area contributed by atoms with Crippen molar-refractivity contribution in [1.82, 2.24) is 19.7 Å². The van der Waals surface area contributed by atoms with Crippen LogP contribution in [0, 0.1) is 6.92 Å². The summed E-state index contributed by atoms with van der Waals surface area (Å²) in [5.41, 5.74) is 2.20. The quantitative estimate of drug-likeness (QED) is 0.817. The Bertz CT molecular complexity index is 555. The molecule has 7 heteroatoms. The van der Waals surface area contributed by atoms with E-state index in [1.807, 2.05) is 17.6 Å². The number of aliphatic carboxylic acids is 1. The standard InChI is InChI=1S/C11H12N4O2S/c1-8-2-3-12-4-9(8)5-15-7-13-14-11(15)18-6-10(16)17/h2-4,7H,5-6H2,1H3,(H,16,17). The number of rotatable bonds is 5. The number of nitrogens with zero attached hydrogens (tertiary/aromatic N) is 4. The Hall–Kier alpha value is -1.89. The monoisotopic (exact) mass is 264 g/mol. The Morgan fingerprint density at radius 2 is 2.39 bits per heavy atom. The predicted octanol–water partition coefficient (Wildman–Crippen LogP) is 1.21. The Balaban J connectivity index is 2.12. The van der Waals surface area contributed by atoms with E-state index in [0.717, 1.165) is 22.9 Å². The van der Waals surface area contributed by atoms with Gasteiger partial charge in [-0.25, -0.2) is 0 Å². The molecule has 1 N–H and O–H groups in total. The van der Waals surface area contributed by atoms with Gasteiger partial charge in [0.2, 0.25) is 0 Å². The number of pyridine rings is 1. The molecule has 0 aromatic carbocycles. The molecule has 0 atom stereocenters. The van der Waals surface area contributed by atoms with E-state index in [4.69, 9.17) is 5.11 Å². The number of thioether (sulfide) groups is 1. The average Bonchev–Trinajstić information content (AvgIpc) is 2.77. The van der Waals surface area contributed by atoms with Crippen molar-refractivity contribution in [1.29, 1.82) is 0 Å². The van der Waals surface area contributed by atoms with Crippen molar-refractivity contribution in [2.75, 3.05) is 5.75 Å². The Labute approximate surface area is 108 Å². The highest BCUT2D eigenvalue weighted by atomic mass is 32.2. The van der Waals surface area contributed by atoms with Crippen LogP contribution in [0.5, 0.6) is 0 Å². The molecule has 94 valence electrons. The molecule has 2 aromatic rings. The van der Waals surface area contributed by atoms with Crippen molar-refractivity contribution in [3.05, 3.63) is 35.9 Å². The lowest BCUT2D eigenvalue weighted by molar-refractivity contribution is -0.133. The molecule has 0 saturated carbocycles. The highest BCUT2D eigenvalue weighted by Crippen LogP contribution is 2.16. The topological polar surface area (TPSA) is 80.9 Å². The number of carboxylic acid groups (broad SMARTS) is 1. The summed E-state index contributed by atoms with van der Waals surface area (Å²) in [6.07, 6.45) is 5.13. The molecule has 6 nitrogen and oxygen atoms in total. The van der Waals surface area contributed by atoms with Crippen LogP contribution in [-0.4, -0.2) is 36.6 Å². The van der Waals surface area contributed by atoms with Crippen LogP contribution in [0.25, 0.3) is 0 Å². The molecule has 0 aliphatic heterocycles. The summed E-state index contributed by atoms with van der Waals surface area (Å²) >= 11 is 1.16. The van der Waals surface area contributed by atoms with Gasteiger partial charge in [0.1, 0.15) is 6.33 Å². The van der Waals surface area contributed by atoms with Crippen molar-refractivity contribution in [3.63, 3.8) is 0 Å². The van der Waals surface area contributed by atoms with Crippen LogP contribution in [0.15, 0.2) is 29.9 Å². The summed E-state index contributed by atoms with van der Waals surface area (Å²) in [5, 5.41) is 17.0. The summed E-state index contributed by atoms with van der Waals surface area (Å²) < 4.78 is 1.82. The van der Waals surface area contributed by atoms with Crippen molar-refractivity contribution in [2.45, 2.75) is 18.6 Å². The zero-order valence-corrected chi connectivity index (χ0v) is 10.6. The van der Waals surface area contributed by atoms with E-state index in [1.54, 1.807) is 18.7 Å². The smallest absolute Gasteiger partial charge is 0.313 e. The van der Waals surface area contributed by atoms with Gasteiger partial charge in [-0.1, -0.05) is 11.8 Å². The first-order chi connectivity index (χ1) is 8.66. The number of hydrogen-bond acceptors (Lipinski definition) is 5.